The molecule has 1 aliphatic rings. The molecule has 0 fully saturated rings. The molecule has 1 aliphatic heterocycles. The van der Waals surface area contributed by atoms with E-state index in [0.717, 1.165) is 36.5 Å². The third kappa shape index (κ3) is 6.43. The predicted molar refractivity (Wildman–Crippen MR) is 114 cm³/mol. The van der Waals surface area contributed by atoms with Crippen LogP contribution in [0.1, 0.15) is 35.3 Å². The standard InChI is InChI=1S/C20H24Cl2F3N5O/c1-12(13-7-14(20(23,24)25)9-15(21)8-13)27-18-16-10-30(4-6-31-5-3-26-2)11-17(16)28-19(22)29-18/h7-9,12,26H,3-6,10-11H2,1-2H3,(H,27,28,29). The van der Waals surface area contributed by atoms with Crippen LogP contribution in [0.25, 0.3) is 0 Å². The summed E-state index contributed by atoms with van der Waals surface area (Å²) in [5.41, 5.74) is 1.28. The summed E-state index contributed by atoms with van der Waals surface area (Å²) < 4.78 is 45.0. The van der Waals surface area contributed by atoms with Crippen LogP contribution in [0.2, 0.25) is 10.3 Å². The lowest BCUT2D eigenvalue weighted by Crippen LogP contribution is -2.23. The van der Waals surface area contributed by atoms with E-state index in [4.69, 9.17) is 27.9 Å². The zero-order valence-electron chi connectivity index (χ0n) is 17.2. The molecule has 170 valence electrons. The molecular formula is C20H24Cl2F3N5O. The van der Waals surface area contributed by atoms with Crippen molar-refractivity contribution in [1.82, 2.24) is 20.2 Å². The monoisotopic (exact) mass is 477 g/mol. The maximum Gasteiger partial charge on any atom is 0.416 e. The van der Waals surface area contributed by atoms with Crippen LogP contribution in [0.4, 0.5) is 19.0 Å². The van der Waals surface area contributed by atoms with Gasteiger partial charge in [-0.3, -0.25) is 4.90 Å². The average Bonchev–Trinajstić information content (AvgIpc) is 3.09. The maximum atomic E-state index is 13.1. The molecule has 2 N–H and O–H groups in total. The number of hydrogen-bond acceptors (Lipinski definition) is 6. The molecule has 1 aromatic heterocycles. The van der Waals surface area contributed by atoms with Crippen LogP contribution in [-0.2, 0) is 24.0 Å². The predicted octanol–water partition coefficient (Wildman–Crippen LogP) is 4.53. The summed E-state index contributed by atoms with van der Waals surface area (Å²) in [6.07, 6.45) is -4.48. The van der Waals surface area contributed by atoms with Gasteiger partial charge >= 0.3 is 6.18 Å². The van der Waals surface area contributed by atoms with Gasteiger partial charge in [-0.05, 0) is 49.3 Å². The van der Waals surface area contributed by atoms with Gasteiger partial charge in [-0.1, -0.05) is 11.6 Å². The lowest BCUT2D eigenvalue weighted by Gasteiger charge is -2.19. The van der Waals surface area contributed by atoms with Gasteiger partial charge in [0.15, 0.2) is 0 Å². The molecule has 0 bridgehead atoms. The Morgan fingerprint density at radius 1 is 1.16 bits per heavy atom. The number of fused-ring (bicyclic) bond motifs is 1. The molecule has 0 spiro atoms. The molecule has 6 nitrogen and oxygen atoms in total. The number of nitrogens with one attached hydrogen (secondary N) is 2. The number of hydrogen-bond donors (Lipinski definition) is 2. The molecule has 1 unspecified atom stereocenters. The Balaban J connectivity index is 1.72. The van der Waals surface area contributed by atoms with Gasteiger partial charge in [0.2, 0.25) is 5.28 Å². The first-order valence-electron chi connectivity index (χ1n) is 9.81. The van der Waals surface area contributed by atoms with Crippen molar-refractivity contribution < 1.29 is 17.9 Å². The van der Waals surface area contributed by atoms with Crippen molar-refractivity contribution in [2.24, 2.45) is 0 Å². The van der Waals surface area contributed by atoms with E-state index in [1.165, 1.54) is 6.07 Å². The fourth-order valence-electron chi connectivity index (χ4n) is 3.35. The highest BCUT2D eigenvalue weighted by Gasteiger charge is 2.32. The summed E-state index contributed by atoms with van der Waals surface area (Å²) in [5, 5.41) is 6.31. The Morgan fingerprint density at radius 2 is 1.94 bits per heavy atom. The van der Waals surface area contributed by atoms with E-state index >= 15 is 0 Å². The molecule has 3 rings (SSSR count). The minimum absolute atomic E-state index is 0.0221. The summed E-state index contributed by atoms with van der Waals surface area (Å²) in [4.78, 5) is 10.8. The number of likely N-dealkylation sites (N-methyl/N-ethyl adjacent to an activating group) is 1. The second kappa shape index (κ2) is 10.3. The number of benzene rings is 1. The van der Waals surface area contributed by atoms with E-state index < -0.39 is 17.8 Å². The van der Waals surface area contributed by atoms with Crippen LogP contribution < -0.4 is 10.6 Å². The van der Waals surface area contributed by atoms with Gasteiger partial charge in [0.05, 0.1) is 30.5 Å². The van der Waals surface area contributed by atoms with Gasteiger partial charge in [-0.15, -0.1) is 0 Å². The molecule has 0 saturated carbocycles. The number of aromatic nitrogens is 2. The Kier molecular flexibility index (Phi) is 7.98. The van der Waals surface area contributed by atoms with E-state index in [2.05, 4.69) is 25.5 Å². The summed E-state index contributed by atoms with van der Waals surface area (Å²) in [6, 6.07) is 3.02. The molecule has 31 heavy (non-hydrogen) atoms. The zero-order chi connectivity index (χ0) is 22.6. The molecule has 11 heteroatoms. The van der Waals surface area contributed by atoms with Crippen molar-refractivity contribution in [3.8, 4) is 0 Å². The first kappa shape index (κ1) is 24.0. The van der Waals surface area contributed by atoms with E-state index in [9.17, 15) is 13.2 Å². The zero-order valence-corrected chi connectivity index (χ0v) is 18.7. The third-order valence-electron chi connectivity index (χ3n) is 4.97. The number of nitrogens with zero attached hydrogens (tertiary/aromatic N) is 3. The summed E-state index contributed by atoms with van der Waals surface area (Å²) in [7, 11) is 1.87. The van der Waals surface area contributed by atoms with Gasteiger partial charge in [0, 0.05) is 36.8 Å². The van der Waals surface area contributed by atoms with Crippen LogP contribution >= 0.6 is 23.2 Å². The van der Waals surface area contributed by atoms with E-state index in [1.54, 1.807) is 6.92 Å². The molecule has 0 saturated heterocycles. The largest absolute Gasteiger partial charge is 0.416 e. The molecule has 1 aromatic carbocycles. The van der Waals surface area contributed by atoms with Crippen LogP contribution in [0.3, 0.4) is 0 Å². The third-order valence-corrected chi connectivity index (χ3v) is 5.36. The van der Waals surface area contributed by atoms with Gasteiger partial charge in [0.25, 0.3) is 0 Å². The topological polar surface area (TPSA) is 62.3 Å². The van der Waals surface area contributed by atoms with Crippen LogP contribution in [0.15, 0.2) is 18.2 Å². The van der Waals surface area contributed by atoms with Crippen LogP contribution in [0, 0.1) is 0 Å². The highest BCUT2D eigenvalue weighted by atomic mass is 35.5. The first-order chi connectivity index (χ1) is 14.7. The summed E-state index contributed by atoms with van der Waals surface area (Å²) >= 11 is 12.0. The SMILES string of the molecule is CNCCOCCN1Cc2nc(Cl)nc(NC(C)c3cc(Cl)cc(C(F)(F)F)c3)c2C1. The Labute approximate surface area is 189 Å². The number of alkyl halides is 3. The molecule has 2 heterocycles. The van der Waals surface area contributed by atoms with Crippen molar-refractivity contribution >= 4 is 29.0 Å². The van der Waals surface area contributed by atoms with Gasteiger partial charge in [-0.25, -0.2) is 9.97 Å². The number of anilines is 1. The highest BCUT2D eigenvalue weighted by Crippen LogP contribution is 2.35. The highest BCUT2D eigenvalue weighted by molar-refractivity contribution is 6.30. The van der Waals surface area contributed by atoms with E-state index in [1.807, 2.05) is 7.05 Å². The second-order valence-corrected chi connectivity index (χ2v) is 8.10. The van der Waals surface area contributed by atoms with Crippen molar-refractivity contribution in [3.05, 3.63) is 50.9 Å². The second-order valence-electron chi connectivity index (χ2n) is 7.33. The fourth-order valence-corrected chi connectivity index (χ4v) is 3.78. The maximum absolute atomic E-state index is 13.1. The number of halogens is 5. The van der Waals surface area contributed by atoms with E-state index in [0.29, 0.717) is 37.7 Å². The van der Waals surface area contributed by atoms with Crippen molar-refractivity contribution in [3.63, 3.8) is 0 Å². The number of rotatable bonds is 9. The first-order valence-corrected chi connectivity index (χ1v) is 10.6. The normalized spacial score (nSPS) is 15.2. The Morgan fingerprint density at radius 3 is 2.65 bits per heavy atom. The fraction of sp³-hybridized carbons (Fsp3) is 0.500. The van der Waals surface area contributed by atoms with Crippen molar-refractivity contribution in [2.75, 3.05) is 38.7 Å². The Hall–Kier alpha value is -1.65. The smallest absolute Gasteiger partial charge is 0.379 e. The van der Waals surface area contributed by atoms with Gasteiger partial charge < -0.3 is 15.4 Å². The lowest BCUT2D eigenvalue weighted by molar-refractivity contribution is -0.137. The summed E-state index contributed by atoms with van der Waals surface area (Å²) in [5.74, 6) is 0.509. The molecule has 0 amide bonds. The van der Waals surface area contributed by atoms with E-state index in [-0.39, 0.29) is 10.3 Å². The summed E-state index contributed by atoms with van der Waals surface area (Å²) in [6.45, 7) is 5.66. The molecule has 2 aromatic rings. The molecular weight excluding hydrogens is 454 g/mol. The number of ether oxygens (including phenoxy) is 1. The van der Waals surface area contributed by atoms with Crippen LogP contribution in [-0.4, -0.2) is 48.2 Å². The quantitative estimate of drug-likeness (QED) is 0.408. The molecule has 1 atom stereocenters. The lowest BCUT2D eigenvalue weighted by atomic mass is 10.0. The average molecular weight is 478 g/mol. The van der Waals surface area contributed by atoms with Crippen molar-refractivity contribution in [2.45, 2.75) is 32.2 Å². The minimum atomic E-state index is -4.48. The Bertz CT molecular complexity index is 913. The molecule has 0 aliphatic carbocycles. The van der Waals surface area contributed by atoms with Gasteiger partial charge in [0.1, 0.15) is 5.82 Å². The van der Waals surface area contributed by atoms with Gasteiger partial charge in [-0.2, -0.15) is 13.2 Å². The minimum Gasteiger partial charge on any atom is -0.379 e. The molecule has 0 radical (unpaired) electrons. The van der Waals surface area contributed by atoms with Crippen LogP contribution in [0.5, 0.6) is 0 Å². The van der Waals surface area contributed by atoms with Crippen molar-refractivity contribution in [1.29, 1.82) is 0 Å².